The van der Waals surface area contributed by atoms with Gasteiger partial charge < -0.3 is 4.74 Å². The first-order chi connectivity index (χ1) is 9.25. The van der Waals surface area contributed by atoms with Crippen molar-refractivity contribution in [1.82, 2.24) is 0 Å². The van der Waals surface area contributed by atoms with E-state index in [1.54, 1.807) is 0 Å². The molecule has 1 aromatic carbocycles. The van der Waals surface area contributed by atoms with Crippen LogP contribution in [0.4, 0.5) is 0 Å². The molecule has 0 heterocycles. The highest BCUT2D eigenvalue weighted by molar-refractivity contribution is 5.65. The lowest BCUT2D eigenvalue weighted by molar-refractivity contribution is -0.141. The van der Waals surface area contributed by atoms with Gasteiger partial charge in [0.1, 0.15) is 0 Å². The summed E-state index contributed by atoms with van der Waals surface area (Å²) in [6.07, 6.45) is 0. The number of rotatable bonds is 4. The standard InChI is InChI=1S/C12H18.C6H12O2/c1-9(2)11(4)12-8-6-5-7-10(12)3;1-5(2)4-8-6(3)7/h5-9,11H,1-4H3;5H,4H2,1-3H3. The van der Waals surface area contributed by atoms with Crippen molar-refractivity contribution in [2.75, 3.05) is 6.61 Å². The van der Waals surface area contributed by atoms with Gasteiger partial charge in [-0.3, -0.25) is 4.79 Å². The van der Waals surface area contributed by atoms with Crippen LogP contribution in [0, 0.1) is 18.8 Å². The monoisotopic (exact) mass is 278 g/mol. The van der Waals surface area contributed by atoms with Crippen LogP contribution in [0.3, 0.4) is 0 Å². The number of hydrogen-bond donors (Lipinski definition) is 0. The fraction of sp³-hybridized carbons (Fsp3) is 0.611. The van der Waals surface area contributed by atoms with Crippen molar-refractivity contribution in [2.45, 2.75) is 54.4 Å². The Hall–Kier alpha value is -1.31. The van der Waals surface area contributed by atoms with E-state index in [9.17, 15) is 4.79 Å². The minimum Gasteiger partial charge on any atom is -0.466 e. The zero-order valence-electron chi connectivity index (χ0n) is 14.1. The van der Waals surface area contributed by atoms with Crippen molar-refractivity contribution in [2.24, 2.45) is 11.8 Å². The van der Waals surface area contributed by atoms with Crippen molar-refractivity contribution in [3.8, 4) is 0 Å². The summed E-state index contributed by atoms with van der Waals surface area (Å²) >= 11 is 0. The molecule has 2 heteroatoms. The third-order valence-corrected chi connectivity index (χ3v) is 3.30. The molecule has 114 valence electrons. The summed E-state index contributed by atoms with van der Waals surface area (Å²) in [6, 6.07) is 8.65. The molecule has 1 unspecified atom stereocenters. The molecule has 0 saturated heterocycles. The summed E-state index contributed by atoms with van der Waals surface area (Å²) in [5.41, 5.74) is 2.91. The number of benzene rings is 1. The minimum atomic E-state index is -0.196. The Balaban J connectivity index is 0.000000396. The zero-order chi connectivity index (χ0) is 15.7. The van der Waals surface area contributed by atoms with Gasteiger partial charge >= 0.3 is 5.97 Å². The van der Waals surface area contributed by atoms with E-state index in [2.05, 4.69) is 56.7 Å². The van der Waals surface area contributed by atoms with Crippen LogP contribution in [0.15, 0.2) is 24.3 Å². The van der Waals surface area contributed by atoms with Gasteiger partial charge in [-0.1, -0.05) is 58.9 Å². The van der Waals surface area contributed by atoms with Crippen LogP contribution in [-0.2, 0) is 9.53 Å². The van der Waals surface area contributed by atoms with Gasteiger partial charge in [0.05, 0.1) is 6.61 Å². The topological polar surface area (TPSA) is 26.3 Å². The van der Waals surface area contributed by atoms with E-state index in [0.29, 0.717) is 18.4 Å². The molecule has 0 amide bonds. The van der Waals surface area contributed by atoms with E-state index in [0.717, 1.165) is 5.92 Å². The Morgan fingerprint density at radius 2 is 1.65 bits per heavy atom. The lowest BCUT2D eigenvalue weighted by Gasteiger charge is -2.17. The lowest BCUT2D eigenvalue weighted by atomic mass is 9.88. The van der Waals surface area contributed by atoms with Gasteiger partial charge in [0.2, 0.25) is 0 Å². The summed E-state index contributed by atoms with van der Waals surface area (Å²) in [5.74, 6) is 1.65. The molecule has 1 rings (SSSR count). The number of esters is 1. The minimum absolute atomic E-state index is 0.196. The van der Waals surface area contributed by atoms with E-state index in [1.165, 1.54) is 18.1 Å². The molecule has 2 nitrogen and oxygen atoms in total. The highest BCUT2D eigenvalue weighted by Gasteiger charge is 2.10. The van der Waals surface area contributed by atoms with E-state index in [1.807, 2.05) is 13.8 Å². The smallest absolute Gasteiger partial charge is 0.302 e. The predicted molar refractivity (Wildman–Crippen MR) is 85.9 cm³/mol. The van der Waals surface area contributed by atoms with Crippen molar-refractivity contribution in [1.29, 1.82) is 0 Å². The van der Waals surface area contributed by atoms with Crippen molar-refractivity contribution in [3.63, 3.8) is 0 Å². The molecule has 1 aromatic rings. The first kappa shape index (κ1) is 18.7. The van der Waals surface area contributed by atoms with Gasteiger partial charge in [-0.25, -0.2) is 0 Å². The number of aryl methyl sites for hydroxylation is 1. The molecule has 0 aliphatic heterocycles. The Bertz CT molecular complexity index is 394. The number of ether oxygens (including phenoxy) is 1. The van der Waals surface area contributed by atoms with Crippen LogP contribution >= 0.6 is 0 Å². The van der Waals surface area contributed by atoms with Gasteiger partial charge in [0.25, 0.3) is 0 Å². The molecule has 1 atom stereocenters. The number of carbonyl (C=O) groups is 1. The molecular formula is C18H30O2. The van der Waals surface area contributed by atoms with Gasteiger partial charge in [0.15, 0.2) is 0 Å². The van der Waals surface area contributed by atoms with Gasteiger partial charge in [-0.15, -0.1) is 0 Å². The summed E-state index contributed by atoms with van der Waals surface area (Å²) in [5, 5.41) is 0. The molecule has 0 fully saturated rings. The van der Waals surface area contributed by atoms with Crippen LogP contribution in [0.1, 0.15) is 58.6 Å². The summed E-state index contributed by atoms with van der Waals surface area (Å²) in [6.45, 7) is 15.0. The SMILES string of the molecule is CC(=O)OCC(C)C.Cc1ccccc1C(C)C(C)C. The highest BCUT2D eigenvalue weighted by Crippen LogP contribution is 2.25. The molecule has 0 aliphatic carbocycles. The summed E-state index contributed by atoms with van der Waals surface area (Å²) < 4.78 is 4.66. The Kier molecular flexibility index (Phi) is 8.94. The summed E-state index contributed by atoms with van der Waals surface area (Å²) in [7, 11) is 0. The molecule has 0 radical (unpaired) electrons. The molecule has 0 bridgehead atoms. The second kappa shape index (κ2) is 9.57. The molecule has 0 aliphatic rings. The van der Waals surface area contributed by atoms with Gasteiger partial charge in [-0.2, -0.15) is 0 Å². The van der Waals surface area contributed by atoms with E-state index >= 15 is 0 Å². The van der Waals surface area contributed by atoms with Crippen LogP contribution < -0.4 is 0 Å². The predicted octanol–water partition coefficient (Wildman–Crippen LogP) is 4.96. The molecule has 20 heavy (non-hydrogen) atoms. The average molecular weight is 278 g/mol. The quantitative estimate of drug-likeness (QED) is 0.728. The second-order valence-corrected chi connectivity index (χ2v) is 6.09. The summed E-state index contributed by atoms with van der Waals surface area (Å²) in [4.78, 5) is 10.1. The highest BCUT2D eigenvalue weighted by atomic mass is 16.5. The fourth-order valence-corrected chi connectivity index (χ4v) is 1.74. The third kappa shape index (κ3) is 7.98. The Morgan fingerprint density at radius 1 is 1.10 bits per heavy atom. The molecule has 0 N–H and O–H groups in total. The van der Waals surface area contributed by atoms with E-state index in [-0.39, 0.29) is 5.97 Å². The van der Waals surface area contributed by atoms with Crippen molar-refractivity contribution >= 4 is 5.97 Å². The van der Waals surface area contributed by atoms with Crippen LogP contribution in [0.25, 0.3) is 0 Å². The number of hydrogen-bond acceptors (Lipinski definition) is 2. The lowest BCUT2D eigenvalue weighted by Crippen LogP contribution is -2.05. The van der Waals surface area contributed by atoms with E-state index in [4.69, 9.17) is 0 Å². The van der Waals surface area contributed by atoms with E-state index < -0.39 is 0 Å². The maximum atomic E-state index is 10.1. The molecular weight excluding hydrogens is 248 g/mol. The zero-order valence-corrected chi connectivity index (χ0v) is 14.1. The Morgan fingerprint density at radius 3 is 2.00 bits per heavy atom. The van der Waals surface area contributed by atoms with Crippen LogP contribution in [0.2, 0.25) is 0 Å². The number of carbonyl (C=O) groups excluding carboxylic acids is 1. The van der Waals surface area contributed by atoms with Crippen molar-refractivity contribution in [3.05, 3.63) is 35.4 Å². The second-order valence-electron chi connectivity index (χ2n) is 6.09. The molecule has 0 saturated carbocycles. The van der Waals surface area contributed by atoms with Gasteiger partial charge in [-0.05, 0) is 35.8 Å². The first-order valence-corrected chi connectivity index (χ1v) is 7.44. The van der Waals surface area contributed by atoms with Crippen molar-refractivity contribution < 1.29 is 9.53 Å². The fourth-order valence-electron chi connectivity index (χ4n) is 1.74. The molecule has 0 aromatic heterocycles. The Labute approximate surface area is 124 Å². The van der Waals surface area contributed by atoms with Crippen LogP contribution in [0.5, 0.6) is 0 Å². The maximum Gasteiger partial charge on any atom is 0.302 e. The molecule has 0 spiro atoms. The average Bonchev–Trinajstić information content (AvgIpc) is 2.37. The first-order valence-electron chi connectivity index (χ1n) is 7.44. The maximum absolute atomic E-state index is 10.1. The largest absolute Gasteiger partial charge is 0.466 e. The van der Waals surface area contributed by atoms with Gasteiger partial charge in [0, 0.05) is 6.92 Å². The normalized spacial score (nSPS) is 11.8. The third-order valence-electron chi connectivity index (χ3n) is 3.30. The van der Waals surface area contributed by atoms with Crippen LogP contribution in [-0.4, -0.2) is 12.6 Å².